The number of hydrogen-bond acceptors (Lipinski definition) is 4. The summed E-state index contributed by atoms with van der Waals surface area (Å²) >= 11 is 0. The quantitative estimate of drug-likeness (QED) is 0.772. The van der Waals surface area contributed by atoms with Gasteiger partial charge in [0.1, 0.15) is 0 Å². The molecule has 0 aliphatic heterocycles. The van der Waals surface area contributed by atoms with Crippen LogP contribution < -0.4 is 5.32 Å². The van der Waals surface area contributed by atoms with E-state index < -0.39 is 0 Å². The maximum absolute atomic E-state index is 5.47. The molecule has 1 aromatic heterocycles. The zero-order valence-electron chi connectivity index (χ0n) is 9.60. The lowest BCUT2D eigenvalue weighted by Crippen LogP contribution is -2.31. The van der Waals surface area contributed by atoms with Crippen LogP contribution in [0.1, 0.15) is 31.5 Å². The fraction of sp³-hybridized carbons (Fsp3) is 0.636. The van der Waals surface area contributed by atoms with Gasteiger partial charge in [0.2, 0.25) is 0 Å². The van der Waals surface area contributed by atoms with E-state index in [4.69, 9.17) is 4.74 Å². The van der Waals surface area contributed by atoms with Crippen LogP contribution in [-0.2, 0) is 4.74 Å². The summed E-state index contributed by atoms with van der Waals surface area (Å²) < 4.78 is 5.47. The molecular weight excluding hydrogens is 190 g/mol. The van der Waals surface area contributed by atoms with Gasteiger partial charge in [0.25, 0.3) is 0 Å². The molecule has 1 heterocycles. The van der Waals surface area contributed by atoms with Crippen molar-refractivity contribution in [2.45, 2.75) is 31.9 Å². The van der Waals surface area contributed by atoms with Crippen molar-refractivity contribution in [2.75, 3.05) is 14.2 Å². The Morgan fingerprint density at radius 3 is 2.73 bits per heavy atom. The van der Waals surface area contributed by atoms with Gasteiger partial charge in [0, 0.05) is 19.5 Å². The number of rotatable bonds is 6. The third kappa shape index (κ3) is 3.25. The smallest absolute Gasteiger partial charge is 0.0782 e. The van der Waals surface area contributed by atoms with Crippen LogP contribution in [0, 0.1) is 0 Å². The van der Waals surface area contributed by atoms with Crippen molar-refractivity contribution in [3.05, 3.63) is 24.3 Å². The van der Waals surface area contributed by atoms with Gasteiger partial charge < -0.3 is 10.1 Å². The monoisotopic (exact) mass is 209 g/mol. The predicted molar refractivity (Wildman–Crippen MR) is 59.5 cm³/mol. The molecule has 0 aliphatic rings. The van der Waals surface area contributed by atoms with Crippen LogP contribution in [0.25, 0.3) is 0 Å². The minimum absolute atomic E-state index is 0.114. The summed E-state index contributed by atoms with van der Waals surface area (Å²) in [6.07, 6.45) is 7.42. The lowest BCUT2D eigenvalue weighted by atomic mass is 10.0. The molecule has 0 aliphatic carbocycles. The van der Waals surface area contributed by atoms with Crippen LogP contribution in [0.2, 0.25) is 0 Å². The Labute approximate surface area is 91.1 Å². The van der Waals surface area contributed by atoms with Crippen LogP contribution >= 0.6 is 0 Å². The van der Waals surface area contributed by atoms with E-state index in [0.717, 1.165) is 18.5 Å². The van der Waals surface area contributed by atoms with Crippen molar-refractivity contribution in [3.8, 4) is 0 Å². The second-order valence-corrected chi connectivity index (χ2v) is 3.46. The molecule has 15 heavy (non-hydrogen) atoms. The first-order valence-corrected chi connectivity index (χ1v) is 5.29. The SMILES string of the molecule is CCCC(OC)C(NC)c1cnccn1. The molecule has 1 aromatic rings. The average Bonchev–Trinajstić information content (AvgIpc) is 2.30. The number of hydrogen-bond donors (Lipinski definition) is 1. The first-order valence-electron chi connectivity index (χ1n) is 5.29. The van der Waals surface area contributed by atoms with E-state index in [2.05, 4.69) is 22.2 Å². The summed E-state index contributed by atoms with van der Waals surface area (Å²) in [4.78, 5) is 8.37. The molecule has 0 amide bonds. The van der Waals surface area contributed by atoms with E-state index in [1.807, 2.05) is 7.05 Å². The molecule has 0 saturated heterocycles. The minimum atomic E-state index is 0.114. The number of likely N-dealkylation sites (N-methyl/N-ethyl adjacent to an activating group) is 1. The molecule has 1 N–H and O–H groups in total. The molecule has 0 radical (unpaired) electrons. The summed E-state index contributed by atoms with van der Waals surface area (Å²) in [6.45, 7) is 2.15. The standard InChI is InChI=1S/C11H19N3O/c1-4-5-10(15-3)11(12-2)9-8-13-6-7-14-9/h6-8,10-12H,4-5H2,1-3H3. The maximum Gasteiger partial charge on any atom is 0.0782 e. The van der Waals surface area contributed by atoms with E-state index in [0.29, 0.717) is 0 Å². The van der Waals surface area contributed by atoms with Crippen LogP contribution in [0.15, 0.2) is 18.6 Å². The van der Waals surface area contributed by atoms with Gasteiger partial charge >= 0.3 is 0 Å². The zero-order chi connectivity index (χ0) is 11.1. The van der Waals surface area contributed by atoms with Crippen molar-refractivity contribution in [1.29, 1.82) is 0 Å². The van der Waals surface area contributed by atoms with Crippen molar-refractivity contribution in [3.63, 3.8) is 0 Å². The summed E-state index contributed by atoms with van der Waals surface area (Å²) in [6, 6.07) is 0.114. The van der Waals surface area contributed by atoms with E-state index in [1.54, 1.807) is 25.7 Å². The first kappa shape index (κ1) is 12.1. The second-order valence-electron chi connectivity index (χ2n) is 3.46. The highest BCUT2D eigenvalue weighted by Crippen LogP contribution is 2.19. The minimum Gasteiger partial charge on any atom is -0.379 e. The van der Waals surface area contributed by atoms with E-state index >= 15 is 0 Å². The van der Waals surface area contributed by atoms with Crippen molar-refractivity contribution < 1.29 is 4.74 Å². The fourth-order valence-corrected chi connectivity index (χ4v) is 1.70. The van der Waals surface area contributed by atoms with Gasteiger partial charge in [0.15, 0.2) is 0 Å². The third-order valence-corrected chi connectivity index (χ3v) is 2.46. The molecule has 2 atom stereocenters. The van der Waals surface area contributed by atoms with E-state index in [-0.39, 0.29) is 12.1 Å². The predicted octanol–water partition coefficient (Wildman–Crippen LogP) is 1.55. The van der Waals surface area contributed by atoms with E-state index in [1.165, 1.54) is 0 Å². The summed E-state index contributed by atoms with van der Waals surface area (Å²) in [5.41, 5.74) is 0.931. The van der Waals surface area contributed by atoms with Crippen molar-refractivity contribution in [1.82, 2.24) is 15.3 Å². The lowest BCUT2D eigenvalue weighted by Gasteiger charge is -2.24. The van der Waals surface area contributed by atoms with Gasteiger partial charge in [-0.15, -0.1) is 0 Å². The summed E-state index contributed by atoms with van der Waals surface area (Å²) in [7, 11) is 3.65. The highest BCUT2D eigenvalue weighted by molar-refractivity contribution is 5.04. The number of ether oxygens (including phenoxy) is 1. The van der Waals surface area contributed by atoms with Crippen LogP contribution in [-0.4, -0.2) is 30.2 Å². The highest BCUT2D eigenvalue weighted by atomic mass is 16.5. The number of nitrogens with one attached hydrogen (secondary N) is 1. The molecule has 0 aromatic carbocycles. The second kappa shape index (κ2) is 6.48. The number of aromatic nitrogens is 2. The van der Waals surface area contributed by atoms with Gasteiger partial charge in [-0.2, -0.15) is 0 Å². The Hall–Kier alpha value is -1.00. The fourth-order valence-electron chi connectivity index (χ4n) is 1.70. The Morgan fingerprint density at radius 2 is 2.27 bits per heavy atom. The molecular formula is C11H19N3O. The topological polar surface area (TPSA) is 47.0 Å². The zero-order valence-corrected chi connectivity index (χ0v) is 9.60. The van der Waals surface area contributed by atoms with E-state index in [9.17, 15) is 0 Å². The van der Waals surface area contributed by atoms with Gasteiger partial charge in [-0.3, -0.25) is 9.97 Å². The number of nitrogens with zero attached hydrogens (tertiary/aromatic N) is 2. The highest BCUT2D eigenvalue weighted by Gasteiger charge is 2.21. The van der Waals surface area contributed by atoms with Crippen molar-refractivity contribution in [2.24, 2.45) is 0 Å². The Kier molecular flexibility index (Phi) is 5.21. The van der Waals surface area contributed by atoms with Gasteiger partial charge in [0.05, 0.1) is 24.0 Å². The Balaban J connectivity index is 2.77. The van der Waals surface area contributed by atoms with Gasteiger partial charge in [-0.25, -0.2) is 0 Å². The van der Waals surface area contributed by atoms with Gasteiger partial charge in [-0.1, -0.05) is 13.3 Å². The largest absolute Gasteiger partial charge is 0.379 e. The molecule has 4 nitrogen and oxygen atoms in total. The molecule has 0 saturated carbocycles. The molecule has 2 unspecified atom stereocenters. The molecule has 0 bridgehead atoms. The van der Waals surface area contributed by atoms with Gasteiger partial charge in [-0.05, 0) is 13.5 Å². The maximum atomic E-state index is 5.47. The third-order valence-electron chi connectivity index (χ3n) is 2.46. The molecule has 0 spiro atoms. The Morgan fingerprint density at radius 1 is 1.47 bits per heavy atom. The summed E-state index contributed by atoms with van der Waals surface area (Å²) in [5.74, 6) is 0. The molecule has 4 heteroatoms. The van der Waals surface area contributed by atoms with Crippen LogP contribution in [0.4, 0.5) is 0 Å². The van der Waals surface area contributed by atoms with Crippen LogP contribution in [0.5, 0.6) is 0 Å². The number of methoxy groups -OCH3 is 1. The van der Waals surface area contributed by atoms with Crippen LogP contribution in [0.3, 0.4) is 0 Å². The first-order chi connectivity index (χ1) is 7.33. The summed E-state index contributed by atoms with van der Waals surface area (Å²) in [5, 5.41) is 3.23. The molecule has 0 fully saturated rings. The van der Waals surface area contributed by atoms with Crippen molar-refractivity contribution >= 4 is 0 Å². The Bertz CT molecular complexity index is 266. The molecule has 84 valence electrons. The molecule has 1 rings (SSSR count). The lowest BCUT2D eigenvalue weighted by molar-refractivity contribution is 0.0616. The average molecular weight is 209 g/mol. The normalized spacial score (nSPS) is 14.9.